The van der Waals surface area contributed by atoms with Crippen LogP contribution in [0.25, 0.3) is 0 Å². The number of hydrogen-bond acceptors (Lipinski definition) is 2. The molecule has 0 aliphatic heterocycles. The van der Waals surface area contributed by atoms with Crippen LogP contribution in [0.5, 0.6) is 0 Å². The first-order chi connectivity index (χ1) is 5.55. The Balaban J connectivity index is 0. The van der Waals surface area contributed by atoms with Gasteiger partial charge in [-0.2, -0.15) is 0 Å². The molecule has 2 nitrogen and oxygen atoms in total. The van der Waals surface area contributed by atoms with Crippen molar-refractivity contribution in [3.05, 3.63) is 6.42 Å². The van der Waals surface area contributed by atoms with E-state index in [1.807, 2.05) is 41.5 Å². The van der Waals surface area contributed by atoms with Crippen molar-refractivity contribution in [2.75, 3.05) is 0 Å². The van der Waals surface area contributed by atoms with E-state index in [2.05, 4.69) is 0 Å². The Morgan fingerprint density at radius 3 is 1.14 bits per heavy atom. The van der Waals surface area contributed by atoms with Gasteiger partial charge >= 0.3 is 0 Å². The molecule has 0 radical (unpaired) electrons. The van der Waals surface area contributed by atoms with Gasteiger partial charge in [-0.25, -0.2) is 0 Å². The van der Waals surface area contributed by atoms with E-state index in [4.69, 9.17) is 0 Å². The fraction of sp³-hybridized carbons (Fsp3) is 0.727. The van der Waals surface area contributed by atoms with Gasteiger partial charge in [0.05, 0.1) is 0 Å². The minimum atomic E-state index is -0.457. The number of ketones is 2. The zero-order valence-corrected chi connectivity index (χ0v) is 13.1. The summed E-state index contributed by atoms with van der Waals surface area (Å²) < 4.78 is 0. The fourth-order valence-electron chi connectivity index (χ4n) is 0.552. The molecule has 0 aliphatic rings. The molecule has 3 heteroatoms. The quantitative estimate of drug-likeness (QED) is 0.427. The second-order valence-corrected chi connectivity index (χ2v) is 5.37. The number of carbonyl (C=O) groups excluding carboxylic acids is 2. The summed E-state index contributed by atoms with van der Waals surface area (Å²) in [6.07, 6.45) is 1.22. The van der Waals surface area contributed by atoms with Crippen LogP contribution in [-0.4, -0.2) is 11.6 Å². The zero-order valence-electron chi connectivity index (χ0n) is 10.1. The minimum absolute atomic E-state index is 0. The maximum atomic E-state index is 11.4. The molecule has 0 saturated carbocycles. The summed E-state index contributed by atoms with van der Waals surface area (Å²) in [5, 5.41) is 0. The van der Waals surface area contributed by atoms with Gasteiger partial charge in [-0.3, -0.25) is 6.42 Å². The Morgan fingerprint density at radius 1 is 0.786 bits per heavy atom. The fourth-order valence-corrected chi connectivity index (χ4v) is 0.552. The first-order valence-electron chi connectivity index (χ1n) is 4.49. The van der Waals surface area contributed by atoms with E-state index in [1.165, 1.54) is 6.42 Å². The van der Waals surface area contributed by atoms with Crippen LogP contribution in [0.1, 0.15) is 41.5 Å². The van der Waals surface area contributed by atoms with Crippen LogP contribution >= 0.6 is 0 Å². The molecule has 0 heterocycles. The molecule has 0 aliphatic carbocycles. The molecule has 0 spiro atoms. The molecule has 0 amide bonds. The summed E-state index contributed by atoms with van der Waals surface area (Å²) in [5.41, 5.74) is -0.915. The third-order valence-electron chi connectivity index (χ3n) is 1.74. The molecule has 0 saturated heterocycles. The van der Waals surface area contributed by atoms with Crippen LogP contribution in [0.4, 0.5) is 0 Å². The van der Waals surface area contributed by atoms with Gasteiger partial charge in [-0.15, -0.1) is 0 Å². The van der Waals surface area contributed by atoms with E-state index in [-0.39, 0.29) is 31.0 Å². The van der Waals surface area contributed by atoms with E-state index in [1.54, 1.807) is 0 Å². The predicted molar refractivity (Wildman–Crippen MR) is 53.2 cm³/mol. The van der Waals surface area contributed by atoms with E-state index in [0.29, 0.717) is 0 Å². The van der Waals surface area contributed by atoms with E-state index in [9.17, 15) is 9.59 Å². The first kappa shape index (κ1) is 16.3. The molecule has 0 bridgehead atoms. The summed E-state index contributed by atoms with van der Waals surface area (Å²) in [6.45, 7) is 10.8. The van der Waals surface area contributed by atoms with Crippen molar-refractivity contribution in [1.82, 2.24) is 0 Å². The SMILES string of the molecule is CC(C)(C)C(=O)[CH-]C(=O)C(C)(C)C.[Zn]. The first-order valence-corrected chi connectivity index (χ1v) is 4.49. The average Bonchev–Trinajstić information content (AvgIpc) is 1.82. The molecule has 0 fully saturated rings. The number of rotatable bonds is 2. The second-order valence-electron chi connectivity index (χ2n) is 5.37. The third kappa shape index (κ3) is 5.54. The molecular weight excluding hydrogens is 230 g/mol. The molecule has 0 atom stereocenters. The Kier molecular flexibility index (Phi) is 5.89. The average molecular weight is 249 g/mol. The van der Waals surface area contributed by atoms with Gasteiger partial charge in [-0.05, 0) is 10.8 Å². The smallest absolute Gasteiger partial charge is 0.0107 e. The zero-order chi connectivity index (χ0) is 10.9. The van der Waals surface area contributed by atoms with Gasteiger partial charge in [0.15, 0.2) is 0 Å². The summed E-state index contributed by atoms with van der Waals surface area (Å²) in [4.78, 5) is 22.9. The Hall–Kier alpha value is -0.167. The second kappa shape index (κ2) is 5.07. The molecule has 14 heavy (non-hydrogen) atoms. The van der Waals surface area contributed by atoms with Crippen molar-refractivity contribution in [3.8, 4) is 0 Å². The monoisotopic (exact) mass is 247 g/mol. The van der Waals surface area contributed by atoms with Crippen molar-refractivity contribution < 1.29 is 29.1 Å². The van der Waals surface area contributed by atoms with Gasteiger partial charge in [0.25, 0.3) is 0 Å². The molecule has 0 unspecified atom stereocenters. The Morgan fingerprint density at radius 2 is 1.00 bits per heavy atom. The van der Waals surface area contributed by atoms with E-state index < -0.39 is 10.8 Å². The largest absolute Gasteiger partial charge is 0.333 e. The van der Waals surface area contributed by atoms with E-state index in [0.717, 1.165) is 0 Å². The van der Waals surface area contributed by atoms with Crippen molar-refractivity contribution in [3.63, 3.8) is 0 Å². The molecule has 0 aromatic heterocycles. The molecular formula is C11H19O2Zn-. The molecule has 0 rings (SSSR count). The predicted octanol–water partition coefficient (Wildman–Crippen LogP) is 2.42. The summed E-state index contributed by atoms with van der Waals surface area (Å²) in [7, 11) is 0. The van der Waals surface area contributed by atoms with Crippen molar-refractivity contribution in [2.24, 2.45) is 10.8 Å². The number of carbonyl (C=O) groups is 2. The molecule has 0 aromatic carbocycles. The van der Waals surface area contributed by atoms with Crippen LogP contribution < -0.4 is 0 Å². The maximum absolute atomic E-state index is 11.4. The van der Waals surface area contributed by atoms with Crippen LogP contribution in [0.2, 0.25) is 0 Å². The molecule has 78 valence electrons. The normalized spacial score (nSPS) is 11.6. The van der Waals surface area contributed by atoms with Gasteiger partial charge in [0.2, 0.25) is 0 Å². The molecule has 0 N–H and O–H groups in total. The minimum Gasteiger partial charge on any atom is -0.333 e. The van der Waals surface area contributed by atoms with E-state index >= 15 is 0 Å². The van der Waals surface area contributed by atoms with Gasteiger partial charge < -0.3 is 9.59 Å². The van der Waals surface area contributed by atoms with Crippen molar-refractivity contribution >= 4 is 11.6 Å². The van der Waals surface area contributed by atoms with Gasteiger partial charge in [0, 0.05) is 31.0 Å². The van der Waals surface area contributed by atoms with Gasteiger partial charge in [-0.1, -0.05) is 41.5 Å². The van der Waals surface area contributed by atoms with Gasteiger partial charge in [0.1, 0.15) is 0 Å². The Bertz CT molecular complexity index is 194. The number of hydrogen-bond donors (Lipinski definition) is 0. The Labute approximate surface area is 99.6 Å². The van der Waals surface area contributed by atoms with Crippen LogP contribution in [-0.2, 0) is 29.1 Å². The number of Topliss-reactive ketones (excluding diaryl/α,β-unsaturated/α-hetero) is 2. The topological polar surface area (TPSA) is 34.1 Å². The third-order valence-corrected chi connectivity index (χ3v) is 1.74. The maximum Gasteiger partial charge on any atom is 0.0107 e. The van der Waals surface area contributed by atoms with Crippen LogP contribution in [0.15, 0.2) is 0 Å². The summed E-state index contributed by atoms with van der Waals surface area (Å²) in [5.74, 6) is -0.208. The van der Waals surface area contributed by atoms with Crippen LogP contribution in [0.3, 0.4) is 0 Å². The van der Waals surface area contributed by atoms with Crippen LogP contribution in [0, 0.1) is 17.3 Å². The standard InChI is InChI=1S/C11H19O2.Zn/c1-10(2,3)8(12)7-9(13)11(4,5)6;/h7H,1-6H3;/q-1;. The summed E-state index contributed by atoms with van der Waals surface area (Å²) in [6, 6.07) is 0. The molecule has 0 aromatic rings. The van der Waals surface area contributed by atoms with Crippen molar-refractivity contribution in [1.29, 1.82) is 0 Å². The van der Waals surface area contributed by atoms with Crippen molar-refractivity contribution in [2.45, 2.75) is 41.5 Å². The summed E-state index contributed by atoms with van der Waals surface area (Å²) >= 11 is 0.